The first-order valence-electron chi connectivity index (χ1n) is 7.29. The molecular formula is C15H21N5O. The molecule has 1 fully saturated rings. The van der Waals surface area contributed by atoms with E-state index in [1.54, 1.807) is 6.20 Å². The fraction of sp³-hybridized carbons (Fsp3) is 0.533. The summed E-state index contributed by atoms with van der Waals surface area (Å²) in [6, 6.07) is 4.04. The third kappa shape index (κ3) is 2.70. The summed E-state index contributed by atoms with van der Waals surface area (Å²) in [6.45, 7) is 7.73. The van der Waals surface area contributed by atoms with Crippen LogP contribution in [0.5, 0.6) is 0 Å². The molecule has 1 atom stereocenters. The number of aromatic amines is 1. The van der Waals surface area contributed by atoms with Gasteiger partial charge >= 0.3 is 0 Å². The lowest BCUT2D eigenvalue weighted by Crippen LogP contribution is -2.29. The number of rotatable bonds is 2. The van der Waals surface area contributed by atoms with E-state index in [1.807, 2.05) is 27.9 Å². The largest absolute Gasteiger partial charge is 0.335 e. The van der Waals surface area contributed by atoms with Crippen LogP contribution in [0.1, 0.15) is 49.4 Å². The summed E-state index contributed by atoms with van der Waals surface area (Å²) in [5.41, 5.74) is 1.45. The van der Waals surface area contributed by atoms with E-state index in [1.165, 1.54) is 0 Å². The second-order valence-corrected chi connectivity index (χ2v) is 6.60. The maximum absolute atomic E-state index is 12.5. The second-order valence-electron chi connectivity index (χ2n) is 6.60. The number of carbonyl (C=O) groups is 1. The molecule has 0 radical (unpaired) electrons. The minimum Gasteiger partial charge on any atom is -0.335 e. The zero-order chi connectivity index (χ0) is 15.0. The van der Waals surface area contributed by atoms with Gasteiger partial charge in [0.25, 0.3) is 5.91 Å². The molecule has 6 nitrogen and oxygen atoms in total. The minimum absolute atomic E-state index is 0.00333. The fourth-order valence-electron chi connectivity index (χ4n) is 2.62. The number of amides is 1. The van der Waals surface area contributed by atoms with Gasteiger partial charge in [-0.2, -0.15) is 10.2 Å². The lowest BCUT2D eigenvalue weighted by molar-refractivity contribution is 0.0781. The summed E-state index contributed by atoms with van der Waals surface area (Å²) in [5.74, 6) is -0.00333. The molecule has 0 spiro atoms. The Bertz CT molecular complexity index is 623. The van der Waals surface area contributed by atoms with Crippen LogP contribution < -0.4 is 0 Å². The van der Waals surface area contributed by atoms with Gasteiger partial charge in [-0.1, -0.05) is 20.8 Å². The molecule has 1 N–H and O–H groups in total. The second kappa shape index (κ2) is 5.02. The van der Waals surface area contributed by atoms with Crippen molar-refractivity contribution >= 4 is 5.91 Å². The van der Waals surface area contributed by atoms with Crippen LogP contribution in [-0.2, 0) is 5.41 Å². The van der Waals surface area contributed by atoms with Gasteiger partial charge in [0.05, 0.1) is 6.04 Å². The minimum atomic E-state index is -0.0336. The van der Waals surface area contributed by atoms with Crippen molar-refractivity contribution < 1.29 is 4.79 Å². The molecule has 6 heteroatoms. The lowest BCUT2D eigenvalue weighted by atomic mass is 9.92. The fourth-order valence-corrected chi connectivity index (χ4v) is 2.62. The molecule has 0 bridgehead atoms. The maximum Gasteiger partial charge on any atom is 0.274 e. The van der Waals surface area contributed by atoms with Crippen LogP contribution in [0.3, 0.4) is 0 Å². The predicted molar refractivity (Wildman–Crippen MR) is 79.1 cm³/mol. The first-order chi connectivity index (χ1) is 9.95. The average Bonchev–Trinajstić information content (AvgIpc) is 3.17. The van der Waals surface area contributed by atoms with E-state index in [0.717, 1.165) is 18.7 Å². The average molecular weight is 287 g/mol. The molecule has 112 valence electrons. The van der Waals surface area contributed by atoms with Gasteiger partial charge in [-0.25, -0.2) is 0 Å². The van der Waals surface area contributed by atoms with Gasteiger partial charge in [-0.05, 0) is 18.6 Å². The Balaban J connectivity index is 1.70. The molecule has 0 saturated carbocycles. The number of nitrogens with zero attached hydrogens (tertiary/aromatic N) is 4. The van der Waals surface area contributed by atoms with Gasteiger partial charge in [0.2, 0.25) is 0 Å². The van der Waals surface area contributed by atoms with Crippen molar-refractivity contribution in [3.8, 4) is 0 Å². The highest BCUT2D eigenvalue weighted by Crippen LogP contribution is 2.24. The van der Waals surface area contributed by atoms with Gasteiger partial charge in [0.15, 0.2) is 0 Å². The molecule has 1 amide bonds. The summed E-state index contributed by atoms with van der Waals surface area (Å²) in [5, 5.41) is 11.4. The quantitative estimate of drug-likeness (QED) is 0.918. The highest BCUT2D eigenvalue weighted by atomic mass is 16.2. The Kier molecular flexibility index (Phi) is 3.31. The third-order valence-corrected chi connectivity index (χ3v) is 3.95. The number of carbonyl (C=O) groups excluding carboxylic acids is 1. The summed E-state index contributed by atoms with van der Waals surface area (Å²) in [6.07, 6.45) is 4.66. The highest BCUT2D eigenvalue weighted by Gasteiger charge is 2.30. The van der Waals surface area contributed by atoms with Gasteiger partial charge < -0.3 is 4.90 Å². The third-order valence-electron chi connectivity index (χ3n) is 3.95. The predicted octanol–water partition coefficient (Wildman–Crippen LogP) is 1.99. The van der Waals surface area contributed by atoms with Gasteiger partial charge in [0.1, 0.15) is 5.69 Å². The number of H-pyrrole nitrogens is 1. The van der Waals surface area contributed by atoms with Crippen LogP contribution in [0.15, 0.2) is 24.5 Å². The monoisotopic (exact) mass is 287 g/mol. The van der Waals surface area contributed by atoms with E-state index >= 15 is 0 Å². The maximum atomic E-state index is 12.5. The normalized spacial score (nSPS) is 19.2. The molecule has 2 aromatic heterocycles. The molecule has 1 aliphatic rings. The molecule has 3 rings (SSSR count). The molecule has 1 saturated heterocycles. The zero-order valence-corrected chi connectivity index (χ0v) is 12.7. The van der Waals surface area contributed by atoms with Crippen molar-refractivity contribution in [3.05, 3.63) is 35.9 Å². The Morgan fingerprint density at radius 1 is 1.43 bits per heavy atom. The van der Waals surface area contributed by atoms with Crippen LogP contribution in [0.2, 0.25) is 0 Å². The van der Waals surface area contributed by atoms with Crippen LogP contribution in [0, 0.1) is 0 Å². The molecule has 2 aromatic rings. The van der Waals surface area contributed by atoms with Gasteiger partial charge in [-0.3, -0.25) is 14.6 Å². The van der Waals surface area contributed by atoms with Crippen molar-refractivity contribution in [2.45, 2.75) is 38.6 Å². The molecule has 1 aliphatic heterocycles. The molecule has 3 heterocycles. The van der Waals surface area contributed by atoms with E-state index in [-0.39, 0.29) is 17.4 Å². The highest BCUT2D eigenvalue weighted by molar-refractivity contribution is 5.92. The van der Waals surface area contributed by atoms with Crippen molar-refractivity contribution in [1.82, 2.24) is 24.9 Å². The Morgan fingerprint density at radius 2 is 2.24 bits per heavy atom. The van der Waals surface area contributed by atoms with Gasteiger partial charge in [0, 0.05) is 36.6 Å². The van der Waals surface area contributed by atoms with Crippen LogP contribution in [0.25, 0.3) is 0 Å². The number of aromatic nitrogens is 4. The number of nitrogens with one attached hydrogen (secondary N) is 1. The first-order valence-corrected chi connectivity index (χ1v) is 7.29. The van der Waals surface area contributed by atoms with Crippen LogP contribution >= 0.6 is 0 Å². The Morgan fingerprint density at radius 3 is 2.86 bits per heavy atom. The van der Waals surface area contributed by atoms with E-state index in [4.69, 9.17) is 0 Å². The Labute approximate surface area is 124 Å². The summed E-state index contributed by atoms with van der Waals surface area (Å²) < 4.78 is 1.93. The van der Waals surface area contributed by atoms with E-state index in [0.29, 0.717) is 12.2 Å². The smallest absolute Gasteiger partial charge is 0.274 e. The van der Waals surface area contributed by atoms with E-state index in [2.05, 4.69) is 36.1 Å². The lowest BCUT2D eigenvalue weighted by Gasteiger charge is -2.16. The SMILES string of the molecule is CC(C)(C)c1cc(C(=O)N2CCC(n3cccn3)C2)n[nH]1. The van der Waals surface area contributed by atoms with Gasteiger partial charge in [-0.15, -0.1) is 0 Å². The van der Waals surface area contributed by atoms with Crippen molar-refractivity contribution in [1.29, 1.82) is 0 Å². The first kappa shape index (κ1) is 13.9. The standard InChI is InChI=1S/C15H21N5O/c1-15(2,3)13-9-12(17-18-13)14(21)19-8-5-11(10-19)20-7-4-6-16-20/h4,6-7,9,11H,5,8,10H2,1-3H3,(H,17,18). The topological polar surface area (TPSA) is 66.8 Å². The molecule has 0 aliphatic carbocycles. The summed E-state index contributed by atoms with van der Waals surface area (Å²) >= 11 is 0. The van der Waals surface area contributed by atoms with E-state index < -0.39 is 0 Å². The molecule has 21 heavy (non-hydrogen) atoms. The molecular weight excluding hydrogens is 266 g/mol. The number of hydrogen-bond donors (Lipinski definition) is 1. The van der Waals surface area contributed by atoms with E-state index in [9.17, 15) is 4.79 Å². The summed E-state index contributed by atoms with van der Waals surface area (Å²) in [4.78, 5) is 14.4. The number of hydrogen-bond acceptors (Lipinski definition) is 3. The molecule has 1 unspecified atom stereocenters. The van der Waals surface area contributed by atoms with Crippen LogP contribution in [-0.4, -0.2) is 43.9 Å². The Hall–Kier alpha value is -2.11. The zero-order valence-electron chi connectivity index (χ0n) is 12.7. The van der Waals surface area contributed by atoms with Crippen molar-refractivity contribution in [2.24, 2.45) is 0 Å². The summed E-state index contributed by atoms with van der Waals surface area (Å²) in [7, 11) is 0. The van der Waals surface area contributed by atoms with Crippen LogP contribution in [0.4, 0.5) is 0 Å². The number of likely N-dealkylation sites (tertiary alicyclic amines) is 1. The molecule has 0 aromatic carbocycles. The van der Waals surface area contributed by atoms with Crippen molar-refractivity contribution in [3.63, 3.8) is 0 Å². The van der Waals surface area contributed by atoms with Crippen molar-refractivity contribution in [2.75, 3.05) is 13.1 Å².